The van der Waals surface area contributed by atoms with Crippen molar-refractivity contribution in [2.45, 2.75) is 26.4 Å². The number of aliphatic hydroxyl groups excluding tert-OH is 1. The number of hydrogen-bond acceptors (Lipinski definition) is 3. The van der Waals surface area contributed by atoms with Gasteiger partial charge in [0.05, 0.1) is 12.5 Å². The molecule has 1 amide bonds. The summed E-state index contributed by atoms with van der Waals surface area (Å²) in [5.41, 5.74) is 0. The lowest BCUT2D eigenvalue weighted by Crippen LogP contribution is -2.36. The van der Waals surface area contributed by atoms with Gasteiger partial charge in [0.25, 0.3) is 0 Å². The fraction of sp³-hybridized carbons (Fsp3) is 0.900. The van der Waals surface area contributed by atoms with Crippen LogP contribution < -0.4 is 0 Å². The van der Waals surface area contributed by atoms with E-state index >= 15 is 0 Å². The molecule has 0 aliphatic carbocycles. The van der Waals surface area contributed by atoms with Crippen molar-refractivity contribution < 1.29 is 9.90 Å². The quantitative estimate of drug-likeness (QED) is 0.675. The lowest BCUT2D eigenvalue weighted by Gasteiger charge is -2.22. The van der Waals surface area contributed by atoms with Crippen LogP contribution in [0.4, 0.5) is 0 Å². The number of likely N-dealkylation sites (tertiary alicyclic amines) is 1. The van der Waals surface area contributed by atoms with Crippen molar-refractivity contribution in [1.29, 1.82) is 0 Å². The van der Waals surface area contributed by atoms with E-state index in [4.69, 9.17) is 0 Å². The minimum absolute atomic E-state index is 0.0876. The van der Waals surface area contributed by atoms with Gasteiger partial charge in [0, 0.05) is 19.6 Å². The van der Waals surface area contributed by atoms with Gasteiger partial charge in [-0.3, -0.25) is 4.79 Å². The van der Waals surface area contributed by atoms with Crippen LogP contribution in [-0.4, -0.2) is 59.6 Å². The van der Waals surface area contributed by atoms with Crippen molar-refractivity contribution in [3.05, 3.63) is 0 Å². The molecule has 1 aliphatic heterocycles. The SMILES string of the molecule is CCN(CC)CCN1CC(O)CC1=O. The first-order valence-corrected chi connectivity index (χ1v) is 5.35. The Labute approximate surface area is 85.5 Å². The number of likely N-dealkylation sites (N-methyl/N-ethyl adjacent to an activating group) is 1. The highest BCUT2D eigenvalue weighted by Crippen LogP contribution is 2.10. The molecule has 1 rings (SSSR count). The van der Waals surface area contributed by atoms with E-state index in [0.29, 0.717) is 13.0 Å². The van der Waals surface area contributed by atoms with Crippen LogP contribution in [0, 0.1) is 0 Å². The Hall–Kier alpha value is -0.610. The number of amides is 1. The molecule has 1 unspecified atom stereocenters. The third-order valence-corrected chi connectivity index (χ3v) is 2.77. The number of β-amino-alcohol motifs (C(OH)–C–C–N with tert-alkyl or cyclic N) is 1. The summed E-state index contributed by atoms with van der Waals surface area (Å²) in [5.74, 6) is 0.0876. The molecule has 1 N–H and O–H groups in total. The Morgan fingerprint density at radius 1 is 1.50 bits per heavy atom. The van der Waals surface area contributed by atoms with Gasteiger partial charge in [-0.1, -0.05) is 13.8 Å². The van der Waals surface area contributed by atoms with Gasteiger partial charge in [0.2, 0.25) is 5.91 Å². The standard InChI is InChI=1S/C10H20N2O2/c1-3-11(4-2)5-6-12-8-9(13)7-10(12)14/h9,13H,3-8H2,1-2H3. The van der Waals surface area contributed by atoms with Crippen molar-refractivity contribution in [2.24, 2.45) is 0 Å². The van der Waals surface area contributed by atoms with E-state index in [1.807, 2.05) is 0 Å². The first kappa shape index (κ1) is 11.5. The molecule has 0 aromatic heterocycles. The second-order valence-electron chi connectivity index (χ2n) is 3.72. The first-order valence-electron chi connectivity index (χ1n) is 5.35. The Morgan fingerprint density at radius 2 is 2.14 bits per heavy atom. The zero-order chi connectivity index (χ0) is 10.6. The highest BCUT2D eigenvalue weighted by atomic mass is 16.3. The molecule has 4 nitrogen and oxygen atoms in total. The van der Waals surface area contributed by atoms with Crippen LogP contribution >= 0.6 is 0 Å². The van der Waals surface area contributed by atoms with Crippen molar-refractivity contribution >= 4 is 5.91 Å². The topological polar surface area (TPSA) is 43.8 Å². The molecule has 1 atom stereocenters. The normalized spacial score (nSPS) is 22.4. The smallest absolute Gasteiger partial charge is 0.225 e. The van der Waals surface area contributed by atoms with Crippen LogP contribution in [0.15, 0.2) is 0 Å². The summed E-state index contributed by atoms with van der Waals surface area (Å²) >= 11 is 0. The summed E-state index contributed by atoms with van der Waals surface area (Å²) in [6.07, 6.45) is -0.141. The lowest BCUT2D eigenvalue weighted by atomic mass is 10.3. The summed E-state index contributed by atoms with van der Waals surface area (Å²) < 4.78 is 0. The number of nitrogens with zero attached hydrogens (tertiary/aromatic N) is 2. The predicted molar refractivity (Wildman–Crippen MR) is 55.0 cm³/mol. The largest absolute Gasteiger partial charge is 0.391 e. The molecule has 0 aromatic rings. The molecule has 1 heterocycles. The van der Waals surface area contributed by atoms with Gasteiger partial charge in [-0.15, -0.1) is 0 Å². The zero-order valence-electron chi connectivity index (χ0n) is 9.07. The summed E-state index contributed by atoms with van der Waals surface area (Å²) in [7, 11) is 0. The van der Waals surface area contributed by atoms with E-state index in [9.17, 15) is 9.90 Å². The van der Waals surface area contributed by atoms with E-state index in [-0.39, 0.29) is 5.91 Å². The molecule has 1 saturated heterocycles. The number of carbonyl (C=O) groups excluding carboxylic acids is 1. The Balaban J connectivity index is 2.27. The molecule has 82 valence electrons. The molecular weight excluding hydrogens is 180 g/mol. The molecule has 14 heavy (non-hydrogen) atoms. The lowest BCUT2D eigenvalue weighted by molar-refractivity contribution is -0.127. The van der Waals surface area contributed by atoms with E-state index in [1.54, 1.807) is 4.90 Å². The maximum absolute atomic E-state index is 11.3. The van der Waals surface area contributed by atoms with Gasteiger partial charge in [-0.05, 0) is 13.1 Å². The molecule has 1 fully saturated rings. The summed E-state index contributed by atoms with van der Waals surface area (Å²) in [6.45, 7) is 8.43. The fourth-order valence-corrected chi connectivity index (χ4v) is 1.77. The molecule has 0 saturated carbocycles. The highest BCUT2D eigenvalue weighted by molar-refractivity contribution is 5.78. The van der Waals surface area contributed by atoms with Gasteiger partial charge in [-0.2, -0.15) is 0 Å². The zero-order valence-corrected chi connectivity index (χ0v) is 9.07. The van der Waals surface area contributed by atoms with Crippen LogP contribution in [-0.2, 0) is 4.79 Å². The maximum Gasteiger partial charge on any atom is 0.225 e. The number of rotatable bonds is 5. The summed E-state index contributed by atoms with van der Waals surface area (Å²) in [5, 5.41) is 9.27. The molecule has 0 radical (unpaired) electrons. The summed E-state index contributed by atoms with van der Waals surface area (Å²) in [6, 6.07) is 0. The Morgan fingerprint density at radius 3 is 2.57 bits per heavy atom. The van der Waals surface area contributed by atoms with Gasteiger partial charge < -0.3 is 14.9 Å². The number of aliphatic hydroxyl groups is 1. The third-order valence-electron chi connectivity index (χ3n) is 2.77. The van der Waals surface area contributed by atoms with Gasteiger partial charge in [0.15, 0.2) is 0 Å². The van der Waals surface area contributed by atoms with Crippen molar-refractivity contribution in [1.82, 2.24) is 9.80 Å². The first-order chi connectivity index (χ1) is 6.67. The van der Waals surface area contributed by atoms with E-state index in [2.05, 4.69) is 18.7 Å². The molecule has 1 aliphatic rings. The second kappa shape index (κ2) is 5.32. The highest BCUT2D eigenvalue weighted by Gasteiger charge is 2.27. The minimum atomic E-state index is -0.445. The average Bonchev–Trinajstić information content (AvgIpc) is 2.47. The second-order valence-corrected chi connectivity index (χ2v) is 3.72. The molecule has 0 bridgehead atoms. The number of hydrogen-bond donors (Lipinski definition) is 1. The monoisotopic (exact) mass is 200 g/mol. The van der Waals surface area contributed by atoms with Crippen molar-refractivity contribution in [2.75, 3.05) is 32.7 Å². The van der Waals surface area contributed by atoms with Crippen LogP contribution in [0.5, 0.6) is 0 Å². The molecule has 0 aromatic carbocycles. The van der Waals surface area contributed by atoms with Gasteiger partial charge in [0.1, 0.15) is 0 Å². The predicted octanol–water partition coefficient (Wildman–Crippen LogP) is -0.0786. The van der Waals surface area contributed by atoms with Crippen molar-refractivity contribution in [3.63, 3.8) is 0 Å². The maximum atomic E-state index is 11.3. The minimum Gasteiger partial charge on any atom is -0.391 e. The Bertz CT molecular complexity index is 193. The molecular formula is C10H20N2O2. The van der Waals surface area contributed by atoms with Crippen LogP contribution in [0.3, 0.4) is 0 Å². The van der Waals surface area contributed by atoms with E-state index in [0.717, 1.165) is 26.2 Å². The Kier molecular flexibility index (Phi) is 4.35. The third kappa shape index (κ3) is 2.96. The molecule has 0 spiro atoms. The van der Waals surface area contributed by atoms with Crippen LogP contribution in [0.2, 0.25) is 0 Å². The van der Waals surface area contributed by atoms with E-state index < -0.39 is 6.10 Å². The van der Waals surface area contributed by atoms with E-state index in [1.165, 1.54) is 0 Å². The van der Waals surface area contributed by atoms with Crippen LogP contribution in [0.1, 0.15) is 20.3 Å². The van der Waals surface area contributed by atoms with Crippen molar-refractivity contribution in [3.8, 4) is 0 Å². The summed E-state index contributed by atoms with van der Waals surface area (Å²) in [4.78, 5) is 15.4. The average molecular weight is 200 g/mol. The number of carbonyl (C=O) groups is 1. The fourth-order valence-electron chi connectivity index (χ4n) is 1.77. The van der Waals surface area contributed by atoms with Gasteiger partial charge >= 0.3 is 0 Å². The molecule has 4 heteroatoms. The van der Waals surface area contributed by atoms with Gasteiger partial charge in [-0.25, -0.2) is 0 Å². The van der Waals surface area contributed by atoms with Crippen LogP contribution in [0.25, 0.3) is 0 Å².